The summed E-state index contributed by atoms with van der Waals surface area (Å²) in [5.41, 5.74) is 5.12. The van der Waals surface area contributed by atoms with Crippen LogP contribution in [0.15, 0.2) is 0 Å². The second-order valence-electron chi connectivity index (χ2n) is 2.56. The Balaban J connectivity index is 2.40. The van der Waals surface area contributed by atoms with E-state index in [4.69, 9.17) is 10.8 Å². The van der Waals surface area contributed by atoms with Crippen LogP contribution in [0.4, 0.5) is 0 Å². The fourth-order valence-electron chi connectivity index (χ4n) is 0.884. The first-order valence-electron chi connectivity index (χ1n) is 3.42. The highest BCUT2D eigenvalue weighted by Gasteiger charge is 2.33. The lowest BCUT2D eigenvalue weighted by Gasteiger charge is -2.31. The van der Waals surface area contributed by atoms with Gasteiger partial charge in [0.2, 0.25) is 10.0 Å². The fraction of sp³-hybridized carbons (Fsp3) is 1.00. The summed E-state index contributed by atoms with van der Waals surface area (Å²) < 4.78 is 22.9. The molecule has 0 spiro atoms. The van der Waals surface area contributed by atoms with Crippen LogP contribution in [0.5, 0.6) is 0 Å². The molecule has 1 fully saturated rings. The monoisotopic (exact) mass is 180 g/mol. The van der Waals surface area contributed by atoms with Crippen LogP contribution in [0.3, 0.4) is 0 Å². The first-order valence-corrected chi connectivity index (χ1v) is 5.03. The lowest BCUT2D eigenvalue weighted by Crippen LogP contribution is -2.51. The SMILES string of the molecule is NC[C@H](O)CN1CCS1(=O)=O. The molecule has 0 saturated carbocycles. The lowest BCUT2D eigenvalue weighted by atomic mass is 10.3. The van der Waals surface area contributed by atoms with Crippen LogP contribution in [-0.4, -0.2) is 49.3 Å². The number of nitrogens with zero attached hydrogens (tertiary/aromatic N) is 1. The van der Waals surface area contributed by atoms with Gasteiger partial charge >= 0.3 is 0 Å². The summed E-state index contributed by atoms with van der Waals surface area (Å²) >= 11 is 0. The van der Waals surface area contributed by atoms with Crippen LogP contribution in [0.2, 0.25) is 0 Å². The molecule has 5 nitrogen and oxygen atoms in total. The predicted octanol–water partition coefficient (Wildman–Crippen LogP) is -2.05. The maximum Gasteiger partial charge on any atom is 0.215 e. The first kappa shape index (κ1) is 8.92. The minimum absolute atomic E-state index is 0.103. The van der Waals surface area contributed by atoms with Crippen molar-refractivity contribution in [3.63, 3.8) is 0 Å². The number of hydrogen-bond donors (Lipinski definition) is 2. The molecule has 1 aliphatic heterocycles. The van der Waals surface area contributed by atoms with Crippen LogP contribution >= 0.6 is 0 Å². The average Bonchev–Trinajstić information content (AvgIpc) is 1.98. The van der Waals surface area contributed by atoms with Crippen LogP contribution < -0.4 is 5.73 Å². The molecule has 1 rings (SSSR count). The van der Waals surface area contributed by atoms with E-state index in [0.717, 1.165) is 0 Å². The molecular weight excluding hydrogens is 168 g/mol. The van der Waals surface area contributed by atoms with Crippen LogP contribution in [0, 0.1) is 0 Å². The molecule has 11 heavy (non-hydrogen) atoms. The van der Waals surface area contributed by atoms with Crippen molar-refractivity contribution in [1.29, 1.82) is 0 Å². The number of sulfonamides is 1. The van der Waals surface area contributed by atoms with Gasteiger partial charge in [-0.2, -0.15) is 4.31 Å². The van der Waals surface area contributed by atoms with Crippen molar-refractivity contribution in [1.82, 2.24) is 4.31 Å². The normalized spacial score (nSPS) is 26.0. The summed E-state index contributed by atoms with van der Waals surface area (Å²) in [6.07, 6.45) is -0.731. The standard InChI is InChI=1S/C5H12N2O3S/c6-3-5(8)4-7-1-2-11(7,9)10/h5,8H,1-4,6H2/t5-/m0/s1. The van der Waals surface area contributed by atoms with Gasteiger partial charge in [-0.15, -0.1) is 0 Å². The van der Waals surface area contributed by atoms with Gasteiger partial charge in [0, 0.05) is 19.6 Å². The molecule has 0 aromatic carbocycles. The topological polar surface area (TPSA) is 83.6 Å². The van der Waals surface area contributed by atoms with Gasteiger partial charge < -0.3 is 10.8 Å². The Morgan fingerprint density at radius 2 is 2.27 bits per heavy atom. The third-order valence-electron chi connectivity index (χ3n) is 1.68. The molecule has 66 valence electrons. The Morgan fingerprint density at radius 3 is 2.55 bits per heavy atom. The molecule has 3 N–H and O–H groups in total. The summed E-state index contributed by atoms with van der Waals surface area (Å²) in [6, 6.07) is 0. The molecule has 0 unspecified atom stereocenters. The summed E-state index contributed by atoms with van der Waals surface area (Å²) in [6.45, 7) is 0.754. The van der Waals surface area contributed by atoms with Gasteiger partial charge in [-0.1, -0.05) is 0 Å². The Hall–Kier alpha value is -0.170. The Kier molecular flexibility index (Phi) is 2.48. The van der Waals surface area contributed by atoms with Crippen molar-refractivity contribution < 1.29 is 13.5 Å². The molecule has 1 atom stereocenters. The van der Waals surface area contributed by atoms with E-state index >= 15 is 0 Å². The highest BCUT2D eigenvalue weighted by Crippen LogP contribution is 2.12. The molecule has 6 heteroatoms. The van der Waals surface area contributed by atoms with Gasteiger partial charge in [0.25, 0.3) is 0 Å². The number of aliphatic hydroxyl groups is 1. The maximum absolute atomic E-state index is 10.8. The number of rotatable bonds is 3. The van der Waals surface area contributed by atoms with E-state index in [2.05, 4.69) is 0 Å². The summed E-state index contributed by atoms with van der Waals surface area (Å²) in [5.74, 6) is 0.199. The molecule has 0 bridgehead atoms. The zero-order chi connectivity index (χ0) is 8.48. The van der Waals surface area contributed by atoms with E-state index in [9.17, 15) is 8.42 Å². The number of β-amino-alcohol motifs (C(OH)–C–C–N with tert-alkyl or cyclic N) is 1. The van der Waals surface area contributed by atoms with E-state index in [-0.39, 0.29) is 18.8 Å². The Morgan fingerprint density at radius 1 is 1.64 bits per heavy atom. The van der Waals surface area contributed by atoms with Gasteiger partial charge in [-0.25, -0.2) is 8.42 Å². The molecule has 1 aliphatic rings. The van der Waals surface area contributed by atoms with Crippen molar-refractivity contribution in [2.45, 2.75) is 6.10 Å². The molecular formula is C5H12N2O3S. The van der Waals surface area contributed by atoms with Crippen molar-refractivity contribution in [3.8, 4) is 0 Å². The van der Waals surface area contributed by atoms with Crippen molar-refractivity contribution in [3.05, 3.63) is 0 Å². The second-order valence-corrected chi connectivity index (χ2v) is 4.65. The second kappa shape index (κ2) is 3.06. The summed E-state index contributed by atoms with van der Waals surface area (Å²) in [5, 5.41) is 8.99. The van der Waals surface area contributed by atoms with Gasteiger partial charge in [0.05, 0.1) is 11.9 Å². The number of aliphatic hydroxyl groups excluding tert-OH is 1. The molecule has 1 heterocycles. The molecule has 0 aromatic heterocycles. The molecule has 0 aliphatic carbocycles. The molecule has 0 aromatic rings. The van der Waals surface area contributed by atoms with E-state index in [1.165, 1.54) is 4.31 Å². The number of nitrogens with two attached hydrogens (primary N) is 1. The molecule has 1 saturated heterocycles. The van der Waals surface area contributed by atoms with Crippen molar-refractivity contribution in [2.24, 2.45) is 5.73 Å². The van der Waals surface area contributed by atoms with Crippen molar-refractivity contribution >= 4 is 10.0 Å². The largest absolute Gasteiger partial charge is 0.390 e. The summed E-state index contributed by atoms with van der Waals surface area (Å²) in [4.78, 5) is 0. The van der Waals surface area contributed by atoms with Gasteiger partial charge in [0.15, 0.2) is 0 Å². The molecule has 0 radical (unpaired) electrons. The van der Waals surface area contributed by atoms with Gasteiger partial charge in [-0.3, -0.25) is 0 Å². The van der Waals surface area contributed by atoms with Crippen LogP contribution in [0.1, 0.15) is 0 Å². The van der Waals surface area contributed by atoms with Crippen LogP contribution in [0.25, 0.3) is 0 Å². The predicted molar refractivity (Wildman–Crippen MR) is 40.4 cm³/mol. The maximum atomic E-state index is 10.8. The highest BCUT2D eigenvalue weighted by molar-refractivity contribution is 7.90. The van der Waals surface area contributed by atoms with E-state index in [0.29, 0.717) is 6.54 Å². The first-order chi connectivity index (χ1) is 5.06. The summed E-state index contributed by atoms with van der Waals surface area (Å²) in [7, 11) is -3.01. The lowest BCUT2D eigenvalue weighted by molar-refractivity contribution is 0.149. The zero-order valence-electron chi connectivity index (χ0n) is 6.10. The number of hydrogen-bond acceptors (Lipinski definition) is 4. The van der Waals surface area contributed by atoms with Gasteiger partial charge in [0.1, 0.15) is 0 Å². The Labute approximate surface area is 65.8 Å². The smallest absolute Gasteiger partial charge is 0.215 e. The zero-order valence-corrected chi connectivity index (χ0v) is 6.92. The quantitative estimate of drug-likeness (QED) is 0.523. The minimum atomic E-state index is -3.01. The third-order valence-corrected chi connectivity index (χ3v) is 3.50. The fourth-order valence-corrected chi connectivity index (χ4v) is 2.02. The van der Waals surface area contributed by atoms with Gasteiger partial charge in [-0.05, 0) is 0 Å². The highest BCUT2D eigenvalue weighted by atomic mass is 32.2. The Bertz CT molecular complexity index is 226. The van der Waals surface area contributed by atoms with E-state index in [1.807, 2.05) is 0 Å². The van der Waals surface area contributed by atoms with E-state index < -0.39 is 16.1 Å². The minimum Gasteiger partial charge on any atom is -0.390 e. The average molecular weight is 180 g/mol. The van der Waals surface area contributed by atoms with E-state index in [1.54, 1.807) is 0 Å². The third kappa shape index (κ3) is 1.90. The molecule has 0 amide bonds. The van der Waals surface area contributed by atoms with Crippen molar-refractivity contribution in [2.75, 3.05) is 25.4 Å². The van der Waals surface area contributed by atoms with Crippen LogP contribution in [-0.2, 0) is 10.0 Å².